The molecule has 1 aliphatic heterocycles. The van der Waals surface area contributed by atoms with Gasteiger partial charge in [0.15, 0.2) is 0 Å². The van der Waals surface area contributed by atoms with Gasteiger partial charge < -0.3 is 9.30 Å². The van der Waals surface area contributed by atoms with Crippen LogP contribution in [0.3, 0.4) is 0 Å². The van der Waals surface area contributed by atoms with Gasteiger partial charge in [0.25, 0.3) is 0 Å². The van der Waals surface area contributed by atoms with Crippen LogP contribution in [0.1, 0.15) is 6.04 Å². The van der Waals surface area contributed by atoms with Crippen molar-refractivity contribution >= 4 is 9.84 Å². The Balaban J connectivity index is 2.41. The fourth-order valence-corrected chi connectivity index (χ4v) is 2.09. The summed E-state index contributed by atoms with van der Waals surface area (Å²) in [4.78, 5) is 3.81. The Morgan fingerprint density at radius 1 is 1.62 bits per heavy atom. The van der Waals surface area contributed by atoms with Crippen molar-refractivity contribution in [3.8, 4) is 0 Å². The number of nitrogens with zero attached hydrogens (tertiary/aromatic N) is 2. The van der Waals surface area contributed by atoms with Gasteiger partial charge in [-0.1, -0.05) is 0 Å². The molecule has 1 aromatic rings. The lowest BCUT2D eigenvalue weighted by Gasteiger charge is -2.28. The summed E-state index contributed by atoms with van der Waals surface area (Å²) in [5, 5.41) is 0.126. The largest absolute Gasteiger partial charge is 0.377 e. The van der Waals surface area contributed by atoms with Crippen LogP contribution in [0, 0.1) is 0 Å². The monoisotopic (exact) mass is 202 g/mol. The van der Waals surface area contributed by atoms with E-state index in [0.29, 0.717) is 13.2 Å². The molecule has 2 rings (SSSR count). The molecule has 0 N–H and O–H groups in total. The summed E-state index contributed by atoms with van der Waals surface area (Å²) < 4.78 is 29.1. The normalized spacial score (nSPS) is 18.5. The molecule has 1 fully saturated rings. The van der Waals surface area contributed by atoms with Gasteiger partial charge >= 0.3 is 0 Å². The number of imidazole rings is 1. The first-order chi connectivity index (χ1) is 6.09. The van der Waals surface area contributed by atoms with Crippen LogP contribution in [0.25, 0.3) is 0 Å². The van der Waals surface area contributed by atoms with Crippen LogP contribution < -0.4 is 0 Å². The summed E-state index contributed by atoms with van der Waals surface area (Å²) in [5.74, 6) is 0. The van der Waals surface area contributed by atoms with Gasteiger partial charge in [-0.15, -0.1) is 0 Å². The first-order valence-electron chi connectivity index (χ1n) is 3.89. The van der Waals surface area contributed by atoms with E-state index < -0.39 is 9.84 Å². The minimum Gasteiger partial charge on any atom is -0.377 e. The fourth-order valence-electron chi connectivity index (χ4n) is 1.25. The summed E-state index contributed by atoms with van der Waals surface area (Å²) in [6.45, 7) is 1.14. The number of sulfone groups is 1. The lowest BCUT2D eigenvalue weighted by molar-refractivity contribution is -0.0271. The van der Waals surface area contributed by atoms with Gasteiger partial charge in [-0.25, -0.2) is 13.4 Å². The van der Waals surface area contributed by atoms with E-state index in [4.69, 9.17) is 4.74 Å². The molecule has 0 unspecified atom stereocenters. The Kier molecular flexibility index (Phi) is 1.88. The van der Waals surface area contributed by atoms with E-state index in [2.05, 4.69) is 4.98 Å². The predicted octanol–water partition coefficient (Wildman–Crippen LogP) is -0.142. The van der Waals surface area contributed by atoms with Crippen molar-refractivity contribution in [2.45, 2.75) is 11.2 Å². The van der Waals surface area contributed by atoms with Gasteiger partial charge in [-0.05, 0) is 0 Å². The summed E-state index contributed by atoms with van der Waals surface area (Å²) >= 11 is 0. The number of hydrogen-bond acceptors (Lipinski definition) is 4. The molecule has 0 amide bonds. The lowest BCUT2D eigenvalue weighted by Crippen LogP contribution is -2.31. The molecule has 0 atom stereocenters. The van der Waals surface area contributed by atoms with Crippen LogP contribution in [0.15, 0.2) is 17.6 Å². The van der Waals surface area contributed by atoms with Gasteiger partial charge in [-0.3, -0.25) is 0 Å². The van der Waals surface area contributed by atoms with Gasteiger partial charge in [0, 0.05) is 18.6 Å². The number of ether oxygens (including phenoxy) is 1. The molecule has 0 aliphatic carbocycles. The number of rotatable bonds is 2. The van der Waals surface area contributed by atoms with Crippen molar-refractivity contribution in [2.75, 3.05) is 19.5 Å². The van der Waals surface area contributed by atoms with Gasteiger partial charge in [0.1, 0.15) is 0 Å². The van der Waals surface area contributed by atoms with E-state index >= 15 is 0 Å². The second kappa shape index (κ2) is 2.81. The Morgan fingerprint density at radius 2 is 2.31 bits per heavy atom. The second-order valence-electron chi connectivity index (χ2n) is 3.08. The van der Waals surface area contributed by atoms with Gasteiger partial charge in [0.2, 0.25) is 15.0 Å². The smallest absolute Gasteiger partial charge is 0.227 e. The van der Waals surface area contributed by atoms with Crippen LogP contribution in [0.4, 0.5) is 0 Å². The van der Waals surface area contributed by atoms with Crippen LogP contribution in [0.2, 0.25) is 0 Å². The Labute approximate surface area is 76.3 Å². The van der Waals surface area contributed by atoms with Crippen molar-refractivity contribution in [3.05, 3.63) is 12.4 Å². The molecule has 1 aliphatic rings. The topological polar surface area (TPSA) is 61.2 Å². The van der Waals surface area contributed by atoms with E-state index in [9.17, 15) is 8.42 Å². The van der Waals surface area contributed by atoms with Crippen LogP contribution in [0.5, 0.6) is 0 Å². The number of aromatic nitrogens is 2. The molecule has 2 heterocycles. The molecule has 13 heavy (non-hydrogen) atoms. The van der Waals surface area contributed by atoms with Crippen molar-refractivity contribution in [1.29, 1.82) is 0 Å². The molecule has 1 aromatic heterocycles. The molecule has 0 aromatic carbocycles. The van der Waals surface area contributed by atoms with E-state index in [0.717, 1.165) is 6.26 Å². The standard InChI is InChI=1S/C7H10N2O3S/c1-13(10,11)7-8-2-3-9(7)6-4-12-5-6/h2-3,6H,4-5H2,1H3. The zero-order valence-electron chi connectivity index (χ0n) is 7.17. The maximum atomic E-state index is 11.2. The zero-order chi connectivity index (χ0) is 9.47. The third-order valence-corrected chi connectivity index (χ3v) is 2.96. The fraction of sp³-hybridized carbons (Fsp3) is 0.571. The minimum absolute atomic E-state index is 0.126. The maximum Gasteiger partial charge on any atom is 0.227 e. The lowest BCUT2D eigenvalue weighted by atomic mass is 10.3. The van der Waals surface area contributed by atoms with Crippen molar-refractivity contribution in [2.24, 2.45) is 0 Å². The quantitative estimate of drug-likeness (QED) is 0.669. The molecule has 0 bridgehead atoms. The van der Waals surface area contributed by atoms with E-state index in [1.54, 1.807) is 10.8 Å². The first kappa shape index (κ1) is 8.71. The Hall–Kier alpha value is -0.880. The average Bonchev–Trinajstić information content (AvgIpc) is 2.29. The average molecular weight is 202 g/mol. The van der Waals surface area contributed by atoms with Crippen LogP contribution in [-0.2, 0) is 14.6 Å². The van der Waals surface area contributed by atoms with Gasteiger partial charge in [0.05, 0.1) is 19.3 Å². The second-order valence-corrected chi connectivity index (χ2v) is 4.99. The molecule has 72 valence electrons. The SMILES string of the molecule is CS(=O)(=O)c1nccn1C1COC1. The van der Waals surface area contributed by atoms with Crippen LogP contribution >= 0.6 is 0 Å². The highest BCUT2D eigenvalue weighted by atomic mass is 32.2. The van der Waals surface area contributed by atoms with Crippen molar-refractivity contribution < 1.29 is 13.2 Å². The highest BCUT2D eigenvalue weighted by Crippen LogP contribution is 2.20. The molecular weight excluding hydrogens is 192 g/mol. The summed E-state index contributed by atoms with van der Waals surface area (Å²) in [6.07, 6.45) is 4.32. The minimum atomic E-state index is -3.22. The van der Waals surface area contributed by atoms with Crippen LogP contribution in [-0.4, -0.2) is 37.4 Å². The third-order valence-electron chi connectivity index (χ3n) is 1.98. The van der Waals surface area contributed by atoms with Crippen molar-refractivity contribution in [3.63, 3.8) is 0 Å². The molecule has 0 spiro atoms. The summed E-state index contributed by atoms with van der Waals surface area (Å²) in [5.41, 5.74) is 0. The predicted molar refractivity (Wildman–Crippen MR) is 45.2 cm³/mol. The summed E-state index contributed by atoms with van der Waals surface area (Å²) in [7, 11) is -3.22. The Bertz CT molecular complexity index is 405. The number of hydrogen-bond donors (Lipinski definition) is 0. The van der Waals surface area contributed by atoms with E-state index in [1.807, 2.05) is 0 Å². The first-order valence-corrected chi connectivity index (χ1v) is 5.79. The zero-order valence-corrected chi connectivity index (χ0v) is 7.99. The molecule has 1 saturated heterocycles. The molecular formula is C7H10N2O3S. The molecule has 6 heteroatoms. The molecule has 0 saturated carbocycles. The van der Waals surface area contributed by atoms with Gasteiger partial charge in [-0.2, -0.15) is 0 Å². The molecule has 0 radical (unpaired) electrons. The van der Waals surface area contributed by atoms with Crippen molar-refractivity contribution in [1.82, 2.24) is 9.55 Å². The third kappa shape index (κ3) is 1.47. The summed E-state index contributed by atoms with van der Waals surface area (Å²) in [6, 6.07) is 0.132. The maximum absolute atomic E-state index is 11.2. The molecule has 5 nitrogen and oxygen atoms in total. The van der Waals surface area contributed by atoms with E-state index in [-0.39, 0.29) is 11.2 Å². The highest BCUT2D eigenvalue weighted by Gasteiger charge is 2.25. The highest BCUT2D eigenvalue weighted by molar-refractivity contribution is 7.90. The Morgan fingerprint density at radius 3 is 2.77 bits per heavy atom. The van der Waals surface area contributed by atoms with E-state index in [1.165, 1.54) is 6.20 Å².